The lowest BCUT2D eigenvalue weighted by molar-refractivity contribution is -0.116. The number of benzene rings is 2. The molecule has 1 fully saturated rings. The SMILES string of the molecule is Cc1cccc(Oc2ccc(C=NN=C3NC(=O)CS3)cc2)c1. The summed E-state index contributed by atoms with van der Waals surface area (Å²) in [6, 6.07) is 15.4. The minimum atomic E-state index is -0.0402. The summed E-state index contributed by atoms with van der Waals surface area (Å²) in [5, 5.41) is 11.1. The van der Waals surface area contributed by atoms with Crippen molar-refractivity contribution in [2.75, 3.05) is 5.75 Å². The molecule has 2 aromatic carbocycles. The molecule has 1 heterocycles. The molecule has 0 aliphatic carbocycles. The van der Waals surface area contributed by atoms with Crippen molar-refractivity contribution >= 4 is 29.1 Å². The number of hydrogen-bond acceptors (Lipinski definition) is 5. The van der Waals surface area contributed by atoms with Gasteiger partial charge in [0.05, 0.1) is 12.0 Å². The maximum Gasteiger partial charge on any atom is 0.236 e. The van der Waals surface area contributed by atoms with Gasteiger partial charge in [-0.1, -0.05) is 23.9 Å². The average molecular weight is 325 g/mol. The van der Waals surface area contributed by atoms with Gasteiger partial charge in [-0.25, -0.2) is 0 Å². The number of carbonyl (C=O) groups excluding carboxylic acids is 1. The second-order valence-corrected chi connectivity index (χ2v) is 5.94. The molecule has 1 aliphatic heterocycles. The van der Waals surface area contributed by atoms with Crippen molar-refractivity contribution in [3.05, 3.63) is 59.7 Å². The molecule has 2 aromatic rings. The molecule has 0 bridgehead atoms. The largest absolute Gasteiger partial charge is 0.457 e. The van der Waals surface area contributed by atoms with Gasteiger partial charge in [-0.05, 0) is 54.4 Å². The molecular weight excluding hydrogens is 310 g/mol. The molecule has 5 nitrogen and oxygen atoms in total. The summed E-state index contributed by atoms with van der Waals surface area (Å²) in [4.78, 5) is 11.0. The van der Waals surface area contributed by atoms with Crippen molar-refractivity contribution in [1.82, 2.24) is 5.32 Å². The first-order valence-electron chi connectivity index (χ1n) is 7.07. The van der Waals surface area contributed by atoms with Crippen LogP contribution in [-0.4, -0.2) is 23.0 Å². The molecule has 3 rings (SSSR count). The van der Waals surface area contributed by atoms with Gasteiger partial charge in [-0.3, -0.25) is 4.79 Å². The van der Waals surface area contributed by atoms with Crippen LogP contribution in [0.1, 0.15) is 11.1 Å². The first kappa shape index (κ1) is 15.3. The number of hydrogen-bond donors (Lipinski definition) is 1. The van der Waals surface area contributed by atoms with Gasteiger partial charge in [0.1, 0.15) is 11.5 Å². The highest BCUT2D eigenvalue weighted by Gasteiger charge is 2.15. The lowest BCUT2D eigenvalue weighted by Crippen LogP contribution is -2.19. The Hall–Kier alpha value is -2.60. The summed E-state index contributed by atoms with van der Waals surface area (Å²) in [5.74, 6) is 1.94. The van der Waals surface area contributed by atoms with Crippen LogP contribution in [0.3, 0.4) is 0 Å². The van der Waals surface area contributed by atoms with E-state index in [9.17, 15) is 4.79 Å². The highest BCUT2D eigenvalue weighted by Crippen LogP contribution is 2.22. The first-order valence-corrected chi connectivity index (χ1v) is 8.06. The van der Waals surface area contributed by atoms with E-state index in [0.29, 0.717) is 10.9 Å². The topological polar surface area (TPSA) is 63.1 Å². The number of nitrogens with one attached hydrogen (secondary N) is 1. The minimum Gasteiger partial charge on any atom is -0.457 e. The molecule has 0 atom stereocenters. The fourth-order valence-electron chi connectivity index (χ4n) is 1.96. The number of nitrogens with zero attached hydrogens (tertiary/aromatic N) is 2. The second kappa shape index (κ2) is 7.11. The summed E-state index contributed by atoms with van der Waals surface area (Å²) in [7, 11) is 0. The van der Waals surface area contributed by atoms with E-state index in [-0.39, 0.29) is 5.91 Å². The first-order chi connectivity index (χ1) is 11.2. The molecule has 1 amide bonds. The van der Waals surface area contributed by atoms with Crippen LogP contribution in [0.2, 0.25) is 0 Å². The van der Waals surface area contributed by atoms with Gasteiger partial charge < -0.3 is 10.1 Å². The zero-order valence-corrected chi connectivity index (χ0v) is 13.3. The van der Waals surface area contributed by atoms with Crippen LogP contribution < -0.4 is 10.1 Å². The monoisotopic (exact) mass is 325 g/mol. The Bertz CT molecular complexity index is 770. The van der Waals surface area contributed by atoms with E-state index in [2.05, 4.69) is 15.5 Å². The molecule has 0 saturated carbocycles. The molecule has 1 aliphatic rings. The van der Waals surface area contributed by atoms with Crippen LogP contribution in [0.4, 0.5) is 0 Å². The van der Waals surface area contributed by atoms with Gasteiger partial charge in [0.15, 0.2) is 5.17 Å². The van der Waals surface area contributed by atoms with Crippen molar-refractivity contribution in [2.24, 2.45) is 10.2 Å². The second-order valence-electron chi connectivity index (χ2n) is 4.97. The standard InChI is InChI=1S/C17H15N3O2S/c1-12-3-2-4-15(9-12)22-14-7-5-13(6-8-14)10-18-20-17-19-16(21)11-23-17/h2-10H,11H2,1H3,(H,19,20,21). The number of amidine groups is 1. The van der Waals surface area contributed by atoms with Gasteiger partial charge in [0.25, 0.3) is 0 Å². The fraction of sp³-hybridized carbons (Fsp3) is 0.118. The average Bonchev–Trinajstić information content (AvgIpc) is 2.95. The fourth-order valence-corrected chi connectivity index (χ4v) is 2.59. The molecule has 116 valence electrons. The van der Waals surface area contributed by atoms with Crippen LogP contribution in [0, 0.1) is 6.92 Å². The Balaban J connectivity index is 1.62. The van der Waals surface area contributed by atoms with Crippen molar-refractivity contribution < 1.29 is 9.53 Å². The maximum atomic E-state index is 11.0. The summed E-state index contributed by atoms with van der Waals surface area (Å²) in [6.45, 7) is 2.03. The summed E-state index contributed by atoms with van der Waals surface area (Å²) in [5.41, 5.74) is 2.06. The molecular formula is C17H15N3O2S. The normalized spacial score (nSPS) is 16.0. The van der Waals surface area contributed by atoms with E-state index in [0.717, 1.165) is 22.6 Å². The van der Waals surface area contributed by atoms with E-state index in [1.807, 2.05) is 55.5 Å². The van der Waals surface area contributed by atoms with Crippen molar-refractivity contribution in [1.29, 1.82) is 0 Å². The van der Waals surface area contributed by atoms with Crippen molar-refractivity contribution in [3.8, 4) is 11.5 Å². The van der Waals surface area contributed by atoms with E-state index in [1.165, 1.54) is 11.8 Å². The third-order valence-electron chi connectivity index (χ3n) is 3.05. The van der Waals surface area contributed by atoms with E-state index in [4.69, 9.17) is 4.74 Å². The van der Waals surface area contributed by atoms with E-state index < -0.39 is 0 Å². The van der Waals surface area contributed by atoms with Crippen LogP contribution >= 0.6 is 11.8 Å². The number of rotatable bonds is 4. The summed E-state index contributed by atoms with van der Waals surface area (Å²) < 4.78 is 5.79. The molecule has 0 spiro atoms. The predicted molar refractivity (Wildman–Crippen MR) is 93.3 cm³/mol. The van der Waals surface area contributed by atoms with E-state index in [1.54, 1.807) is 6.21 Å². The zero-order chi connectivity index (χ0) is 16.1. The number of carbonyl (C=O) groups is 1. The highest BCUT2D eigenvalue weighted by atomic mass is 32.2. The lowest BCUT2D eigenvalue weighted by atomic mass is 10.2. The Morgan fingerprint density at radius 1 is 1.17 bits per heavy atom. The molecule has 0 radical (unpaired) electrons. The number of amides is 1. The van der Waals surface area contributed by atoms with Crippen molar-refractivity contribution in [2.45, 2.75) is 6.92 Å². The third kappa shape index (κ3) is 4.43. The van der Waals surface area contributed by atoms with Gasteiger partial charge in [0, 0.05) is 0 Å². The smallest absolute Gasteiger partial charge is 0.236 e. The van der Waals surface area contributed by atoms with Gasteiger partial charge in [0.2, 0.25) is 5.91 Å². The van der Waals surface area contributed by atoms with Crippen LogP contribution in [0.25, 0.3) is 0 Å². The summed E-state index contributed by atoms with van der Waals surface area (Å²) in [6.07, 6.45) is 1.63. The van der Waals surface area contributed by atoms with Gasteiger partial charge in [-0.2, -0.15) is 5.10 Å². The predicted octanol–water partition coefficient (Wildman–Crippen LogP) is 3.34. The molecule has 1 N–H and O–H groups in total. The van der Waals surface area contributed by atoms with Crippen LogP contribution in [0.15, 0.2) is 58.7 Å². The zero-order valence-electron chi connectivity index (χ0n) is 12.5. The van der Waals surface area contributed by atoms with Gasteiger partial charge in [-0.15, -0.1) is 5.10 Å². The molecule has 0 unspecified atom stereocenters. The Morgan fingerprint density at radius 3 is 2.70 bits per heavy atom. The lowest BCUT2D eigenvalue weighted by Gasteiger charge is -2.06. The number of thioether (sulfide) groups is 1. The molecule has 0 aromatic heterocycles. The van der Waals surface area contributed by atoms with Crippen molar-refractivity contribution in [3.63, 3.8) is 0 Å². The number of aryl methyl sites for hydroxylation is 1. The van der Waals surface area contributed by atoms with Crippen LogP contribution in [-0.2, 0) is 4.79 Å². The maximum absolute atomic E-state index is 11.0. The van der Waals surface area contributed by atoms with E-state index >= 15 is 0 Å². The molecule has 1 saturated heterocycles. The molecule has 23 heavy (non-hydrogen) atoms. The minimum absolute atomic E-state index is 0.0402. The molecule has 6 heteroatoms. The summed E-state index contributed by atoms with van der Waals surface area (Å²) >= 11 is 1.35. The Kier molecular flexibility index (Phi) is 4.73. The quantitative estimate of drug-likeness (QED) is 0.693. The van der Waals surface area contributed by atoms with Gasteiger partial charge >= 0.3 is 0 Å². The Labute approximate surface area is 138 Å². The third-order valence-corrected chi connectivity index (χ3v) is 3.91. The number of ether oxygens (including phenoxy) is 1. The van der Waals surface area contributed by atoms with Crippen LogP contribution in [0.5, 0.6) is 11.5 Å². The Morgan fingerprint density at radius 2 is 2.00 bits per heavy atom. The highest BCUT2D eigenvalue weighted by molar-refractivity contribution is 8.15.